The van der Waals surface area contributed by atoms with Crippen LogP contribution in [0.3, 0.4) is 0 Å². The van der Waals surface area contributed by atoms with Gasteiger partial charge in [-0.3, -0.25) is 0 Å². The van der Waals surface area contributed by atoms with Crippen LogP contribution in [0.2, 0.25) is 0 Å². The van der Waals surface area contributed by atoms with Crippen molar-refractivity contribution in [3.63, 3.8) is 0 Å². The molecule has 0 radical (unpaired) electrons. The second kappa shape index (κ2) is 5.13. The molecule has 0 saturated carbocycles. The van der Waals surface area contributed by atoms with Crippen molar-refractivity contribution in [2.24, 2.45) is 0 Å². The number of hydrogen-bond donors (Lipinski definition) is 2. The summed E-state index contributed by atoms with van der Waals surface area (Å²) in [4.78, 5) is 0. The largest absolute Gasteiger partial charge is 0.508 e. The molecule has 0 saturated heterocycles. The lowest BCUT2D eigenvalue weighted by Crippen LogP contribution is -1.95. The summed E-state index contributed by atoms with van der Waals surface area (Å²) in [6.07, 6.45) is 1.71. The van der Waals surface area contributed by atoms with Crippen LogP contribution in [0.1, 0.15) is 25.0 Å². The van der Waals surface area contributed by atoms with E-state index >= 15 is 0 Å². The number of hydrogen-bond acceptors (Lipinski definition) is 2. The van der Waals surface area contributed by atoms with Crippen LogP contribution >= 0.6 is 0 Å². The topological polar surface area (TPSA) is 40.5 Å². The first kappa shape index (κ1) is 12.5. The highest BCUT2D eigenvalue weighted by atomic mass is 16.3. The molecule has 0 aliphatic heterocycles. The minimum Gasteiger partial charge on any atom is -0.508 e. The van der Waals surface area contributed by atoms with E-state index in [2.05, 4.69) is 6.92 Å². The van der Waals surface area contributed by atoms with E-state index in [1.807, 2.05) is 25.1 Å². The fourth-order valence-corrected chi connectivity index (χ4v) is 2.33. The lowest BCUT2D eigenvalue weighted by molar-refractivity contribution is 0.469. The predicted molar refractivity (Wildman–Crippen MR) is 74.0 cm³/mol. The van der Waals surface area contributed by atoms with Crippen molar-refractivity contribution in [3.8, 4) is 22.6 Å². The number of benzene rings is 2. The zero-order valence-electron chi connectivity index (χ0n) is 10.8. The summed E-state index contributed by atoms with van der Waals surface area (Å²) >= 11 is 0. The van der Waals surface area contributed by atoms with Crippen LogP contribution in [0.25, 0.3) is 11.1 Å². The van der Waals surface area contributed by atoms with Crippen molar-refractivity contribution >= 4 is 0 Å². The second-order valence-corrected chi connectivity index (χ2v) is 4.35. The van der Waals surface area contributed by atoms with E-state index in [9.17, 15) is 10.2 Å². The lowest BCUT2D eigenvalue weighted by Gasteiger charge is -2.15. The molecule has 0 heterocycles. The molecule has 0 unspecified atom stereocenters. The SMILES string of the molecule is CCc1ccc(O)c(CC)c1-c1ccc(O)cc1. The molecular formula is C16H18O2. The van der Waals surface area contributed by atoms with Crippen molar-refractivity contribution in [3.05, 3.63) is 47.5 Å². The monoisotopic (exact) mass is 242 g/mol. The highest BCUT2D eigenvalue weighted by Crippen LogP contribution is 2.34. The molecule has 2 aromatic rings. The number of phenols is 2. The highest BCUT2D eigenvalue weighted by molar-refractivity contribution is 5.74. The third-order valence-corrected chi connectivity index (χ3v) is 3.26. The average molecular weight is 242 g/mol. The molecule has 2 N–H and O–H groups in total. The summed E-state index contributed by atoms with van der Waals surface area (Å²) in [6.45, 7) is 4.15. The van der Waals surface area contributed by atoms with E-state index in [1.165, 1.54) is 5.56 Å². The van der Waals surface area contributed by atoms with Crippen LogP contribution in [0.4, 0.5) is 0 Å². The van der Waals surface area contributed by atoms with Crippen LogP contribution in [-0.4, -0.2) is 10.2 Å². The van der Waals surface area contributed by atoms with Gasteiger partial charge in [-0.15, -0.1) is 0 Å². The lowest BCUT2D eigenvalue weighted by atomic mass is 9.91. The number of rotatable bonds is 3. The third kappa shape index (κ3) is 2.19. The van der Waals surface area contributed by atoms with Crippen LogP contribution in [0, 0.1) is 0 Å². The molecule has 0 spiro atoms. The van der Waals surface area contributed by atoms with Gasteiger partial charge in [0.05, 0.1) is 0 Å². The molecule has 0 aliphatic rings. The molecule has 0 amide bonds. The highest BCUT2D eigenvalue weighted by Gasteiger charge is 2.12. The minimum absolute atomic E-state index is 0.259. The first-order valence-electron chi connectivity index (χ1n) is 6.30. The Kier molecular flexibility index (Phi) is 3.56. The maximum Gasteiger partial charge on any atom is 0.119 e. The molecule has 0 aromatic heterocycles. The quantitative estimate of drug-likeness (QED) is 0.857. The Morgan fingerprint density at radius 3 is 2.06 bits per heavy atom. The fourth-order valence-electron chi connectivity index (χ4n) is 2.33. The Balaban J connectivity index is 2.67. The van der Waals surface area contributed by atoms with Gasteiger partial charge in [0.2, 0.25) is 0 Å². The molecule has 2 heteroatoms. The summed E-state index contributed by atoms with van der Waals surface area (Å²) in [5, 5.41) is 19.3. The molecule has 2 rings (SSSR count). The molecule has 0 bridgehead atoms. The van der Waals surface area contributed by atoms with Crippen molar-refractivity contribution in [1.82, 2.24) is 0 Å². The van der Waals surface area contributed by atoms with Crippen molar-refractivity contribution in [1.29, 1.82) is 0 Å². The van der Waals surface area contributed by atoms with Crippen molar-refractivity contribution in [2.75, 3.05) is 0 Å². The smallest absolute Gasteiger partial charge is 0.119 e. The molecule has 0 fully saturated rings. The molecular weight excluding hydrogens is 224 g/mol. The van der Waals surface area contributed by atoms with E-state index in [0.29, 0.717) is 5.75 Å². The number of phenolic OH excluding ortho intramolecular Hbond substituents is 2. The Hall–Kier alpha value is -1.96. The standard InChI is InChI=1S/C16H18O2/c1-3-11-7-10-15(18)14(4-2)16(11)12-5-8-13(17)9-6-12/h5-10,17-18H,3-4H2,1-2H3. The van der Waals surface area contributed by atoms with E-state index < -0.39 is 0 Å². The summed E-state index contributed by atoms with van der Waals surface area (Å²) in [6, 6.07) is 10.9. The first-order chi connectivity index (χ1) is 8.67. The van der Waals surface area contributed by atoms with Gasteiger partial charge in [0.15, 0.2) is 0 Å². The van der Waals surface area contributed by atoms with Crippen LogP contribution < -0.4 is 0 Å². The van der Waals surface area contributed by atoms with Gasteiger partial charge in [0.1, 0.15) is 11.5 Å². The average Bonchev–Trinajstić information content (AvgIpc) is 2.39. The first-order valence-corrected chi connectivity index (χ1v) is 6.30. The Labute approximate surface area is 108 Å². The summed E-state index contributed by atoms with van der Waals surface area (Å²) in [5.74, 6) is 0.604. The molecule has 0 atom stereocenters. The van der Waals surface area contributed by atoms with Crippen LogP contribution in [0.5, 0.6) is 11.5 Å². The van der Waals surface area contributed by atoms with Crippen molar-refractivity contribution in [2.45, 2.75) is 26.7 Å². The fraction of sp³-hybridized carbons (Fsp3) is 0.250. The summed E-state index contributed by atoms with van der Waals surface area (Å²) in [5.41, 5.74) is 4.33. The van der Waals surface area contributed by atoms with Crippen molar-refractivity contribution < 1.29 is 10.2 Å². The van der Waals surface area contributed by atoms with E-state index in [4.69, 9.17) is 0 Å². The predicted octanol–water partition coefficient (Wildman–Crippen LogP) is 3.89. The van der Waals surface area contributed by atoms with Crippen LogP contribution in [0.15, 0.2) is 36.4 Å². The number of aryl methyl sites for hydroxylation is 1. The van der Waals surface area contributed by atoms with Gasteiger partial charge in [-0.25, -0.2) is 0 Å². The van der Waals surface area contributed by atoms with E-state index in [0.717, 1.165) is 29.5 Å². The summed E-state index contributed by atoms with van der Waals surface area (Å²) < 4.78 is 0. The maximum atomic E-state index is 9.98. The number of aromatic hydroxyl groups is 2. The third-order valence-electron chi connectivity index (χ3n) is 3.26. The minimum atomic E-state index is 0.259. The van der Waals surface area contributed by atoms with E-state index in [1.54, 1.807) is 18.2 Å². The van der Waals surface area contributed by atoms with Gasteiger partial charge in [0, 0.05) is 5.56 Å². The van der Waals surface area contributed by atoms with Gasteiger partial charge >= 0.3 is 0 Å². The Morgan fingerprint density at radius 2 is 1.50 bits per heavy atom. The van der Waals surface area contributed by atoms with Gasteiger partial charge in [0.25, 0.3) is 0 Å². The molecule has 0 aliphatic carbocycles. The van der Waals surface area contributed by atoms with Gasteiger partial charge < -0.3 is 10.2 Å². The zero-order valence-corrected chi connectivity index (χ0v) is 10.8. The molecule has 94 valence electrons. The van der Waals surface area contributed by atoms with Gasteiger partial charge in [-0.1, -0.05) is 32.0 Å². The van der Waals surface area contributed by atoms with Crippen LogP contribution in [-0.2, 0) is 12.8 Å². The molecule has 2 nitrogen and oxygen atoms in total. The summed E-state index contributed by atoms with van der Waals surface area (Å²) in [7, 11) is 0. The second-order valence-electron chi connectivity index (χ2n) is 4.35. The molecule has 18 heavy (non-hydrogen) atoms. The Morgan fingerprint density at radius 1 is 0.833 bits per heavy atom. The van der Waals surface area contributed by atoms with Gasteiger partial charge in [-0.2, -0.15) is 0 Å². The maximum absolute atomic E-state index is 9.98. The van der Waals surface area contributed by atoms with Gasteiger partial charge in [-0.05, 0) is 47.7 Å². The Bertz CT molecular complexity index is 542. The van der Waals surface area contributed by atoms with E-state index in [-0.39, 0.29) is 5.75 Å². The molecule has 2 aromatic carbocycles. The zero-order chi connectivity index (χ0) is 13.1. The normalized spacial score (nSPS) is 10.6.